The molecule has 0 atom stereocenters. The molecule has 0 radical (unpaired) electrons. The normalized spacial score (nSPS) is 16.9. The van der Waals surface area contributed by atoms with Gasteiger partial charge in [-0.2, -0.15) is 0 Å². The summed E-state index contributed by atoms with van der Waals surface area (Å²) in [5.41, 5.74) is 2.35. The highest BCUT2D eigenvalue weighted by Gasteiger charge is 2.11. The second kappa shape index (κ2) is 5.94. The van der Waals surface area contributed by atoms with Gasteiger partial charge in [-0.25, -0.2) is 4.39 Å². The number of hydrogen-bond donors (Lipinski definition) is 0. The summed E-state index contributed by atoms with van der Waals surface area (Å²) in [5.74, 6) is -0.155. The van der Waals surface area contributed by atoms with Gasteiger partial charge in [0.25, 0.3) is 0 Å². The minimum absolute atomic E-state index is 0.155. The lowest BCUT2D eigenvalue weighted by Crippen LogP contribution is -2.36. The van der Waals surface area contributed by atoms with Gasteiger partial charge in [0.1, 0.15) is 5.82 Å². The smallest absolute Gasteiger partial charge is 0.123 e. The molecule has 1 saturated heterocycles. The average Bonchev–Trinajstić information content (AvgIpc) is 2.76. The molecule has 0 spiro atoms. The van der Waals surface area contributed by atoms with E-state index in [9.17, 15) is 4.39 Å². The molecule has 2 aromatic rings. The fourth-order valence-corrected chi connectivity index (χ4v) is 2.96. The zero-order valence-corrected chi connectivity index (χ0v) is 11.9. The topological polar surface area (TPSA) is 17.4 Å². The fraction of sp³-hybridized carbons (Fsp3) is 0.500. The minimum atomic E-state index is -0.155. The Morgan fingerprint density at radius 1 is 1.25 bits per heavy atom. The lowest BCUT2D eigenvalue weighted by atomic mass is 10.1. The summed E-state index contributed by atoms with van der Waals surface area (Å²) in [6.45, 7) is 4.85. The fourth-order valence-electron chi connectivity index (χ4n) is 2.96. The number of morpholine rings is 1. The van der Waals surface area contributed by atoms with Gasteiger partial charge in [0.05, 0.1) is 13.2 Å². The van der Waals surface area contributed by atoms with Crippen molar-refractivity contribution in [2.24, 2.45) is 7.05 Å². The highest BCUT2D eigenvalue weighted by atomic mass is 19.1. The number of rotatable bonds is 4. The molecule has 0 N–H and O–H groups in total. The predicted octanol–water partition coefficient (Wildman–Crippen LogP) is 2.58. The first-order chi connectivity index (χ1) is 9.74. The number of aryl methyl sites for hydroxylation is 2. The van der Waals surface area contributed by atoms with Crippen molar-refractivity contribution in [2.45, 2.75) is 12.8 Å². The van der Waals surface area contributed by atoms with E-state index in [1.54, 1.807) is 6.07 Å². The third-order valence-electron chi connectivity index (χ3n) is 4.06. The molecule has 1 aromatic carbocycles. The maximum atomic E-state index is 13.4. The molecule has 0 amide bonds. The van der Waals surface area contributed by atoms with Gasteiger partial charge in [-0.3, -0.25) is 4.90 Å². The second-order valence-corrected chi connectivity index (χ2v) is 5.48. The first-order valence-corrected chi connectivity index (χ1v) is 7.27. The summed E-state index contributed by atoms with van der Waals surface area (Å²) in [5, 5.41) is 1.05. The van der Waals surface area contributed by atoms with Crippen molar-refractivity contribution in [1.29, 1.82) is 0 Å². The highest BCUT2D eigenvalue weighted by Crippen LogP contribution is 2.23. The monoisotopic (exact) mass is 276 g/mol. The SMILES string of the molecule is Cn1cc(CCCN2CCOCC2)c2cc(F)ccc21. The van der Waals surface area contributed by atoms with Gasteiger partial charge in [-0.1, -0.05) is 0 Å². The van der Waals surface area contributed by atoms with Crippen molar-refractivity contribution < 1.29 is 9.13 Å². The van der Waals surface area contributed by atoms with E-state index in [4.69, 9.17) is 4.74 Å². The molecular weight excluding hydrogens is 255 g/mol. The Bertz CT molecular complexity index is 587. The largest absolute Gasteiger partial charge is 0.379 e. The Labute approximate surface area is 118 Å². The third-order valence-corrected chi connectivity index (χ3v) is 4.06. The minimum Gasteiger partial charge on any atom is -0.379 e. The Hall–Kier alpha value is -1.39. The van der Waals surface area contributed by atoms with Crippen molar-refractivity contribution in [3.63, 3.8) is 0 Å². The molecule has 1 aliphatic heterocycles. The third kappa shape index (κ3) is 2.86. The lowest BCUT2D eigenvalue weighted by Gasteiger charge is -2.26. The van der Waals surface area contributed by atoms with Crippen LogP contribution >= 0.6 is 0 Å². The Morgan fingerprint density at radius 2 is 2.05 bits per heavy atom. The number of nitrogens with zero attached hydrogens (tertiary/aromatic N) is 2. The Kier molecular flexibility index (Phi) is 4.03. The van der Waals surface area contributed by atoms with Gasteiger partial charge < -0.3 is 9.30 Å². The van der Waals surface area contributed by atoms with Crippen molar-refractivity contribution in [1.82, 2.24) is 9.47 Å². The second-order valence-electron chi connectivity index (χ2n) is 5.48. The van der Waals surface area contributed by atoms with Crippen LogP contribution in [0.15, 0.2) is 24.4 Å². The number of halogens is 1. The van der Waals surface area contributed by atoms with Gasteiger partial charge >= 0.3 is 0 Å². The molecule has 3 rings (SSSR count). The van der Waals surface area contributed by atoms with Crippen LogP contribution in [0.1, 0.15) is 12.0 Å². The van der Waals surface area contributed by atoms with Crippen molar-refractivity contribution in [2.75, 3.05) is 32.8 Å². The van der Waals surface area contributed by atoms with E-state index in [1.807, 2.05) is 13.1 Å². The van der Waals surface area contributed by atoms with E-state index < -0.39 is 0 Å². The van der Waals surface area contributed by atoms with Gasteiger partial charge in [0, 0.05) is 37.2 Å². The van der Waals surface area contributed by atoms with Crippen LogP contribution in [0.2, 0.25) is 0 Å². The van der Waals surface area contributed by atoms with Crippen molar-refractivity contribution in [3.8, 4) is 0 Å². The van der Waals surface area contributed by atoms with Gasteiger partial charge in [-0.15, -0.1) is 0 Å². The Balaban J connectivity index is 1.66. The molecule has 20 heavy (non-hydrogen) atoms. The van der Waals surface area contributed by atoms with Crippen molar-refractivity contribution >= 4 is 10.9 Å². The van der Waals surface area contributed by atoms with Crippen LogP contribution in [-0.4, -0.2) is 42.3 Å². The number of benzene rings is 1. The van der Waals surface area contributed by atoms with Crippen LogP contribution in [0.25, 0.3) is 10.9 Å². The molecule has 0 saturated carbocycles. The molecule has 108 valence electrons. The Morgan fingerprint density at radius 3 is 2.85 bits per heavy atom. The number of ether oxygens (including phenoxy) is 1. The van der Waals surface area contributed by atoms with Crippen LogP contribution in [0.3, 0.4) is 0 Å². The number of aromatic nitrogens is 1. The first kappa shape index (κ1) is 13.6. The highest BCUT2D eigenvalue weighted by molar-refractivity contribution is 5.84. The molecule has 3 nitrogen and oxygen atoms in total. The molecule has 1 fully saturated rings. The van der Waals surface area contributed by atoms with Crippen LogP contribution in [0, 0.1) is 5.82 Å². The van der Waals surface area contributed by atoms with E-state index in [0.29, 0.717) is 0 Å². The van der Waals surface area contributed by atoms with Crippen LogP contribution in [0.4, 0.5) is 4.39 Å². The number of fused-ring (bicyclic) bond motifs is 1. The quantitative estimate of drug-likeness (QED) is 0.854. The van der Waals surface area contributed by atoms with E-state index in [1.165, 1.54) is 11.6 Å². The standard InChI is InChI=1S/C16H21FN2O/c1-18-12-13(15-11-14(17)4-5-16(15)18)3-2-6-19-7-9-20-10-8-19/h4-5,11-12H,2-3,6-10H2,1H3. The summed E-state index contributed by atoms with van der Waals surface area (Å²) in [6.07, 6.45) is 4.23. The molecule has 1 aliphatic rings. The predicted molar refractivity (Wildman–Crippen MR) is 78.5 cm³/mol. The zero-order valence-electron chi connectivity index (χ0n) is 11.9. The van der Waals surface area contributed by atoms with E-state index >= 15 is 0 Å². The summed E-state index contributed by atoms with van der Waals surface area (Å²) >= 11 is 0. The summed E-state index contributed by atoms with van der Waals surface area (Å²) in [7, 11) is 2.02. The summed E-state index contributed by atoms with van der Waals surface area (Å²) in [6, 6.07) is 5.04. The van der Waals surface area contributed by atoms with Gasteiger partial charge in [-0.05, 0) is 43.1 Å². The average molecular weight is 276 g/mol. The van der Waals surface area contributed by atoms with Gasteiger partial charge in [0.15, 0.2) is 0 Å². The van der Waals surface area contributed by atoms with Gasteiger partial charge in [0.2, 0.25) is 0 Å². The van der Waals surface area contributed by atoms with Crippen molar-refractivity contribution in [3.05, 3.63) is 35.8 Å². The zero-order chi connectivity index (χ0) is 13.9. The maximum absolute atomic E-state index is 13.4. The first-order valence-electron chi connectivity index (χ1n) is 7.27. The molecular formula is C16H21FN2O. The molecule has 0 aliphatic carbocycles. The van der Waals surface area contributed by atoms with Crippen LogP contribution in [-0.2, 0) is 18.2 Å². The molecule has 1 aromatic heterocycles. The molecule has 2 heterocycles. The van der Waals surface area contributed by atoms with E-state index in [-0.39, 0.29) is 5.82 Å². The molecule has 0 bridgehead atoms. The van der Waals surface area contributed by atoms with E-state index in [0.717, 1.165) is 56.6 Å². The van der Waals surface area contributed by atoms with E-state index in [2.05, 4.69) is 15.7 Å². The lowest BCUT2D eigenvalue weighted by molar-refractivity contribution is 0.0375. The summed E-state index contributed by atoms with van der Waals surface area (Å²) < 4.78 is 20.8. The van der Waals surface area contributed by atoms with Crippen LogP contribution < -0.4 is 0 Å². The van der Waals surface area contributed by atoms with Crippen LogP contribution in [0.5, 0.6) is 0 Å². The molecule has 4 heteroatoms. The maximum Gasteiger partial charge on any atom is 0.123 e. The number of hydrogen-bond acceptors (Lipinski definition) is 2. The summed E-state index contributed by atoms with van der Waals surface area (Å²) in [4.78, 5) is 2.44. The molecule has 0 unspecified atom stereocenters.